The minimum absolute atomic E-state index is 0.887. The van der Waals surface area contributed by atoms with Gasteiger partial charge >= 0.3 is 11.6 Å². The summed E-state index contributed by atoms with van der Waals surface area (Å²) in [7, 11) is 0. The molecule has 1 fully saturated rings. The zero-order valence-electron chi connectivity index (χ0n) is 5.02. The summed E-state index contributed by atoms with van der Waals surface area (Å²) < 4.78 is 6.88. The molecule has 1 saturated carbocycles. The van der Waals surface area contributed by atoms with E-state index in [0.29, 0.717) is 0 Å². The van der Waals surface area contributed by atoms with Gasteiger partial charge in [-0.25, -0.2) is 0 Å². The Balaban J connectivity index is 2.14. The Morgan fingerprint density at radius 1 is 1.38 bits per heavy atom. The monoisotopic (exact) mass is 130 g/mol. The molecule has 0 atom stereocenters. The Bertz CT molecular complexity index is 76.6. The maximum absolute atomic E-state index is 6.88. The fourth-order valence-corrected chi connectivity index (χ4v) is 1.86. The van der Waals surface area contributed by atoms with E-state index in [1.807, 2.05) is 0 Å². The summed E-state index contributed by atoms with van der Waals surface area (Å²) in [5.41, 5.74) is 0. The van der Waals surface area contributed by atoms with Gasteiger partial charge in [-0.2, -0.15) is 0 Å². The SMILES string of the molecule is N=[S+]CC1CCCC1. The molecule has 0 aromatic heterocycles. The van der Waals surface area contributed by atoms with Crippen molar-refractivity contribution < 1.29 is 0 Å². The first-order valence-corrected chi connectivity index (χ1v) is 4.20. The average Bonchev–Trinajstić information content (AvgIpc) is 2.19. The third kappa shape index (κ3) is 1.51. The first kappa shape index (κ1) is 6.14. The summed E-state index contributed by atoms with van der Waals surface area (Å²) in [5.74, 6) is 1.96. The van der Waals surface area contributed by atoms with Crippen LogP contribution in [0.1, 0.15) is 25.7 Å². The second kappa shape index (κ2) is 3.13. The highest BCUT2D eigenvalue weighted by atomic mass is 32.1. The molecule has 46 valence electrons. The Morgan fingerprint density at radius 2 is 2.00 bits per heavy atom. The van der Waals surface area contributed by atoms with Crippen LogP contribution < -0.4 is 0 Å². The lowest BCUT2D eigenvalue weighted by Gasteiger charge is -1.92. The van der Waals surface area contributed by atoms with E-state index in [0.717, 1.165) is 11.7 Å². The maximum Gasteiger partial charge on any atom is 0.307 e. The van der Waals surface area contributed by atoms with Gasteiger partial charge in [-0.3, -0.25) is 0 Å². The van der Waals surface area contributed by atoms with Crippen LogP contribution in [-0.4, -0.2) is 5.75 Å². The van der Waals surface area contributed by atoms with Gasteiger partial charge in [-0.15, -0.1) is 0 Å². The van der Waals surface area contributed by atoms with Gasteiger partial charge < -0.3 is 0 Å². The van der Waals surface area contributed by atoms with Gasteiger partial charge in [0.25, 0.3) is 0 Å². The molecule has 0 saturated heterocycles. The highest BCUT2D eigenvalue weighted by Crippen LogP contribution is 2.23. The molecule has 1 rings (SSSR count). The van der Waals surface area contributed by atoms with E-state index in [1.165, 1.54) is 37.2 Å². The highest BCUT2D eigenvalue weighted by molar-refractivity contribution is 7.66. The van der Waals surface area contributed by atoms with E-state index in [9.17, 15) is 0 Å². The Labute approximate surface area is 54.4 Å². The van der Waals surface area contributed by atoms with E-state index >= 15 is 0 Å². The molecule has 0 aliphatic heterocycles. The van der Waals surface area contributed by atoms with Crippen molar-refractivity contribution in [3.8, 4) is 0 Å². The Hall–Kier alpha value is 0.0200. The van der Waals surface area contributed by atoms with Gasteiger partial charge in [-0.1, -0.05) is 12.8 Å². The molecule has 0 aromatic rings. The van der Waals surface area contributed by atoms with E-state index in [-0.39, 0.29) is 0 Å². The minimum Gasteiger partial charge on any atom is -0.0528 e. The zero-order chi connectivity index (χ0) is 5.82. The molecule has 0 heterocycles. The Kier molecular flexibility index (Phi) is 2.40. The summed E-state index contributed by atoms with van der Waals surface area (Å²) in [4.78, 5) is 0. The third-order valence-corrected chi connectivity index (χ3v) is 2.43. The number of hydrogen-bond donors (Lipinski definition) is 1. The van der Waals surface area contributed by atoms with Crippen LogP contribution in [0.5, 0.6) is 0 Å². The number of hydrogen-bond acceptors (Lipinski definition) is 1. The van der Waals surface area contributed by atoms with Gasteiger partial charge in [0.1, 0.15) is 0 Å². The molecule has 1 aliphatic rings. The lowest BCUT2D eigenvalue weighted by atomic mass is 10.1. The van der Waals surface area contributed by atoms with Crippen molar-refractivity contribution >= 4 is 11.6 Å². The van der Waals surface area contributed by atoms with Crippen molar-refractivity contribution in [2.75, 3.05) is 5.75 Å². The van der Waals surface area contributed by atoms with Gasteiger partial charge in [0.05, 0.1) is 0 Å². The number of rotatable bonds is 2. The van der Waals surface area contributed by atoms with Crippen molar-refractivity contribution in [1.82, 2.24) is 0 Å². The third-order valence-electron chi connectivity index (χ3n) is 1.79. The summed E-state index contributed by atoms with van der Waals surface area (Å²) in [6, 6.07) is 0. The smallest absolute Gasteiger partial charge is 0.0528 e. The molecule has 0 amide bonds. The summed E-state index contributed by atoms with van der Waals surface area (Å²) in [5, 5.41) is 0. The van der Waals surface area contributed by atoms with E-state index < -0.39 is 0 Å². The molecule has 1 aliphatic carbocycles. The van der Waals surface area contributed by atoms with Gasteiger partial charge in [0.15, 0.2) is 0 Å². The molecule has 8 heavy (non-hydrogen) atoms. The topological polar surface area (TPSA) is 23.9 Å². The second-order valence-electron chi connectivity index (χ2n) is 2.46. The standard InChI is InChI=1S/C6H12NS/c7-8-5-6-3-1-2-4-6/h6-7H,1-5H2/q+1. The molecule has 0 spiro atoms. The molecule has 1 N–H and O–H groups in total. The molecule has 2 heteroatoms. The van der Waals surface area contributed by atoms with Crippen molar-refractivity contribution in [2.45, 2.75) is 25.7 Å². The molecule has 0 bridgehead atoms. The van der Waals surface area contributed by atoms with Gasteiger partial charge in [0, 0.05) is 5.92 Å². The second-order valence-corrected chi connectivity index (χ2v) is 3.08. The van der Waals surface area contributed by atoms with Crippen molar-refractivity contribution in [2.24, 2.45) is 5.92 Å². The van der Waals surface area contributed by atoms with Crippen molar-refractivity contribution in [3.63, 3.8) is 0 Å². The summed E-state index contributed by atoms with van der Waals surface area (Å²) in [6.07, 6.45) is 5.58. The molecular formula is C6H12NS+. The van der Waals surface area contributed by atoms with Crippen LogP contribution in [0.15, 0.2) is 0 Å². The molecule has 0 radical (unpaired) electrons. The largest absolute Gasteiger partial charge is 0.307 e. The van der Waals surface area contributed by atoms with E-state index in [4.69, 9.17) is 4.78 Å². The maximum atomic E-state index is 6.88. The van der Waals surface area contributed by atoms with Crippen LogP contribution in [0.25, 0.3) is 0 Å². The zero-order valence-corrected chi connectivity index (χ0v) is 5.84. The molecule has 0 aromatic carbocycles. The van der Waals surface area contributed by atoms with Crippen LogP contribution in [0.4, 0.5) is 0 Å². The molecule has 0 unspecified atom stereocenters. The van der Waals surface area contributed by atoms with Crippen LogP contribution in [-0.2, 0) is 11.6 Å². The van der Waals surface area contributed by atoms with E-state index in [1.54, 1.807) is 0 Å². The van der Waals surface area contributed by atoms with Crippen LogP contribution >= 0.6 is 0 Å². The van der Waals surface area contributed by atoms with Gasteiger partial charge in [0.2, 0.25) is 5.75 Å². The quantitative estimate of drug-likeness (QED) is 0.553. The summed E-state index contributed by atoms with van der Waals surface area (Å²) >= 11 is 1.25. The molecular weight excluding hydrogens is 118 g/mol. The lowest BCUT2D eigenvalue weighted by molar-refractivity contribution is 0.623. The fraction of sp³-hybridized carbons (Fsp3) is 1.00. The summed E-state index contributed by atoms with van der Waals surface area (Å²) in [6.45, 7) is 0. The lowest BCUT2D eigenvalue weighted by Crippen LogP contribution is -1.96. The highest BCUT2D eigenvalue weighted by Gasteiger charge is 2.18. The first-order valence-electron chi connectivity index (χ1n) is 3.22. The van der Waals surface area contributed by atoms with Crippen LogP contribution in [0.2, 0.25) is 0 Å². The molecule has 1 nitrogen and oxygen atoms in total. The minimum atomic E-state index is 0.887. The van der Waals surface area contributed by atoms with Crippen LogP contribution in [0, 0.1) is 10.7 Å². The average molecular weight is 130 g/mol. The first-order chi connectivity index (χ1) is 3.93. The fourth-order valence-electron chi connectivity index (χ4n) is 1.29. The Morgan fingerprint density at radius 3 is 2.50 bits per heavy atom. The predicted molar refractivity (Wildman–Crippen MR) is 36.9 cm³/mol. The predicted octanol–water partition coefficient (Wildman–Crippen LogP) is 2.02. The van der Waals surface area contributed by atoms with Crippen molar-refractivity contribution in [1.29, 1.82) is 4.78 Å². The van der Waals surface area contributed by atoms with Crippen molar-refractivity contribution in [3.05, 3.63) is 0 Å². The number of nitrogens with one attached hydrogen (secondary N) is 1. The van der Waals surface area contributed by atoms with E-state index in [2.05, 4.69) is 0 Å². The van der Waals surface area contributed by atoms with Gasteiger partial charge in [-0.05, 0) is 17.6 Å². The van der Waals surface area contributed by atoms with Crippen LogP contribution in [0.3, 0.4) is 0 Å². The normalized spacial score (nSPS) is 21.5.